The molecule has 1 N–H and O–H groups in total. The van der Waals surface area contributed by atoms with E-state index < -0.39 is 11.9 Å². The van der Waals surface area contributed by atoms with Gasteiger partial charge in [-0.05, 0) is 54.4 Å². The molecule has 1 unspecified atom stereocenters. The second-order valence-corrected chi connectivity index (χ2v) is 9.03. The van der Waals surface area contributed by atoms with Crippen LogP contribution in [0.2, 0.25) is 0 Å². The van der Waals surface area contributed by atoms with E-state index in [0.29, 0.717) is 23.4 Å². The molecule has 1 fully saturated rings. The van der Waals surface area contributed by atoms with E-state index in [1.807, 2.05) is 30.3 Å². The maximum atomic E-state index is 13.1. The van der Waals surface area contributed by atoms with E-state index in [2.05, 4.69) is 20.6 Å². The zero-order valence-electron chi connectivity index (χ0n) is 19.8. The minimum atomic E-state index is -0.682. The third kappa shape index (κ3) is 3.90. The average molecular weight is 495 g/mol. The summed E-state index contributed by atoms with van der Waals surface area (Å²) in [5.41, 5.74) is 3.56. The summed E-state index contributed by atoms with van der Waals surface area (Å²) in [6, 6.07) is 13.8. The van der Waals surface area contributed by atoms with Crippen molar-refractivity contribution in [2.24, 2.45) is 0 Å². The van der Waals surface area contributed by atoms with Crippen LogP contribution in [0.4, 0.5) is 5.69 Å². The summed E-state index contributed by atoms with van der Waals surface area (Å²) in [7, 11) is 1.67. The van der Waals surface area contributed by atoms with Crippen LogP contribution in [-0.2, 0) is 16.1 Å². The number of benzene rings is 2. The molecule has 11 nitrogen and oxygen atoms in total. The fourth-order valence-corrected chi connectivity index (χ4v) is 4.75. The second-order valence-electron chi connectivity index (χ2n) is 9.03. The number of anilines is 1. The molecule has 0 spiro atoms. The second kappa shape index (κ2) is 8.63. The molecule has 184 valence electrons. The summed E-state index contributed by atoms with van der Waals surface area (Å²) in [5, 5.41) is 11.4. The highest BCUT2D eigenvalue weighted by Crippen LogP contribution is 2.29. The predicted molar refractivity (Wildman–Crippen MR) is 132 cm³/mol. The minimum absolute atomic E-state index is 0.163. The molecule has 0 aliphatic carbocycles. The molecular weight excluding hydrogens is 474 g/mol. The molecule has 37 heavy (non-hydrogen) atoms. The van der Waals surface area contributed by atoms with Crippen LogP contribution >= 0.6 is 0 Å². The lowest BCUT2D eigenvalue weighted by molar-refractivity contribution is -0.136. The number of carbonyl (C=O) groups is 4. The summed E-state index contributed by atoms with van der Waals surface area (Å²) in [5.74, 6) is -1.36. The molecule has 6 rings (SSSR count). The van der Waals surface area contributed by atoms with Gasteiger partial charge in [-0.2, -0.15) is 0 Å². The first-order chi connectivity index (χ1) is 17.9. The van der Waals surface area contributed by atoms with Gasteiger partial charge in [0.1, 0.15) is 6.04 Å². The van der Waals surface area contributed by atoms with Gasteiger partial charge in [0.05, 0.1) is 17.4 Å². The quantitative estimate of drug-likeness (QED) is 0.428. The molecule has 11 heteroatoms. The van der Waals surface area contributed by atoms with Crippen molar-refractivity contribution < 1.29 is 19.2 Å². The molecule has 1 atom stereocenters. The Kier molecular flexibility index (Phi) is 5.25. The zero-order valence-corrected chi connectivity index (χ0v) is 19.8. The van der Waals surface area contributed by atoms with E-state index in [0.717, 1.165) is 16.5 Å². The van der Waals surface area contributed by atoms with Crippen LogP contribution < -0.4 is 10.2 Å². The van der Waals surface area contributed by atoms with Crippen molar-refractivity contribution in [2.75, 3.05) is 11.9 Å². The van der Waals surface area contributed by atoms with Crippen LogP contribution in [0.5, 0.6) is 0 Å². The average Bonchev–Trinajstić information content (AvgIpc) is 3.53. The van der Waals surface area contributed by atoms with E-state index in [-0.39, 0.29) is 36.4 Å². The Labute approximate surface area is 210 Å². The smallest absolute Gasteiger partial charge is 0.280 e. The number of pyridine rings is 1. The SMILES string of the molecule is CN(C(=O)c1cn(-c2ccc3c(c2)CN(C2CCC(=O)NC2=O)C3=O)nn1)c1ccc2ncccc2c1. The Bertz CT molecular complexity index is 1610. The Morgan fingerprint density at radius 3 is 2.81 bits per heavy atom. The predicted octanol–water partition coefficient (Wildman–Crippen LogP) is 1.85. The number of hydrogen-bond acceptors (Lipinski definition) is 7. The van der Waals surface area contributed by atoms with Crippen molar-refractivity contribution in [3.05, 3.63) is 77.7 Å². The first-order valence-corrected chi connectivity index (χ1v) is 11.7. The first-order valence-electron chi connectivity index (χ1n) is 11.7. The number of aromatic nitrogens is 4. The van der Waals surface area contributed by atoms with E-state index >= 15 is 0 Å². The molecule has 4 amide bonds. The summed E-state index contributed by atoms with van der Waals surface area (Å²) in [4.78, 5) is 57.1. The monoisotopic (exact) mass is 495 g/mol. The number of hydrogen-bond donors (Lipinski definition) is 1. The largest absolute Gasteiger partial charge is 0.322 e. The highest BCUT2D eigenvalue weighted by Gasteiger charge is 2.39. The lowest BCUT2D eigenvalue weighted by Crippen LogP contribution is -2.52. The molecule has 0 saturated carbocycles. The molecule has 4 aromatic rings. The van der Waals surface area contributed by atoms with Crippen molar-refractivity contribution >= 4 is 40.2 Å². The van der Waals surface area contributed by atoms with Crippen molar-refractivity contribution in [2.45, 2.75) is 25.4 Å². The van der Waals surface area contributed by atoms with Gasteiger partial charge in [-0.1, -0.05) is 11.3 Å². The van der Waals surface area contributed by atoms with Gasteiger partial charge in [0, 0.05) is 42.8 Å². The Morgan fingerprint density at radius 1 is 1.11 bits per heavy atom. The van der Waals surface area contributed by atoms with E-state index in [1.54, 1.807) is 31.4 Å². The van der Waals surface area contributed by atoms with Crippen molar-refractivity contribution in [1.82, 2.24) is 30.2 Å². The fraction of sp³-hybridized carbons (Fsp3) is 0.192. The van der Waals surface area contributed by atoms with Gasteiger partial charge in [-0.3, -0.25) is 29.5 Å². The number of imide groups is 1. The molecule has 4 heterocycles. The van der Waals surface area contributed by atoms with Gasteiger partial charge >= 0.3 is 0 Å². The molecular formula is C26H21N7O4. The summed E-state index contributed by atoms with van der Waals surface area (Å²) in [6.07, 6.45) is 3.75. The van der Waals surface area contributed by atoms with E-state index in [4.69, 9.17) is 0 Å². The van der Waals surface area contributed by atoms with Gasteiger partial charge in [0.25, 0.3) is 11.8 Å². The molecule has 2 aliphatic heterocycles. The maximum Gasteiger partial charge on any atom is 0.280 e. The number of nitrogens with one attached hydrogen (secondary N) is 1. The number of piperidine rings is 1. The third-order valence-electron chi connectivity index (χ3n) is 6.76. The minimum Gasteiger partial charge on any atom is -0.322 e. The van der Waals surface area contributed by atoms with Crippen LogP contribution in [0.15, 0.2) is 60.9 Å². The number of carbonyl (C=O) groups excluding carboxylic acids is 4. The number of rotatable bonds is 4. The van der Waals surface area contributed by atoms with Crippen LogP contribution in [0, 0.1) is 0 Å². The van der Waals surface area contributed by atoms with Crippen LogP contribution in [0.1, 0.15) is 39.3 Å². The molecule has 2 aromatic carbocycles. The third-order valence-corrected chi connectivity index (χ3v) is 6.76. The first kappa shape index (κ1) is 22.5. The zero-order chi connectivity index (χ0) is 25.7. The highest BCUT2D eigenvalue weighted by atomic mass is 16.2. The Hall–Kier alpha value is -4.93. The normalized spacial score (nSPS) is 17.2. The summed E-state index contributed by atoms with van der Waals surface area (Å²) in [6.45, 7) is 0.244. The Balaban J connectivity index is 1.21. The lowest BCUT2D eigenvalue weighted by atomic mass is 10.0. The molecule has 1 saturated heterocycles. The van der Waals surface area contributed by atoms with Gasteiger partial charge in [-0.25, -0.2) is 4.68 Å². The number of fused-ring (bicyclic) bond motifs is 2. The molecule has 0 bridgehead atoms. The van der Waals surface area contributed by atoms with E-state index in [1.165, 1.54) is 20.7 Å². The van der Waals surface area contributed by atoms with Gasteiger partial charge in [0.2, 0.25) is 11.8 Å². The number of nitrogens with zero attached hydrogens (tertiary/aromatic N) is 6. The molecule has 2 aromatic heterocycles. The van der Waals surface area contributed by atoms with Crippen molar-refractivity contribution in [3.63, 3.8) is 0 Å². The van der Waals surface area contributed by atoms with Gasteiger partial charge < -0.3 is 9.80 Å². The summed E-state index contributed by atoms with van der Waals surface area (Å²) < 4.78 is 1.48. The maximum absolute atomic E-state index is 13.1. The highest BCUT2D eigenvalue weighted by molar-refractivity contribution is 6.06. The van der Waals surface area contributed by atoms with Crippen LogP contribution in [-0.4, -0.2) is 61.6 Å². The topological polar surface area (TPSA) is 130 Å². The Morgan fingerprint density at radius 2 is 1.97 bits per heavy atom. The summed E-state index contributed by atoms with van der Waals surface area (Å²) >= 11 is 0. The standard InChI is InChI=1S/C26H21N7O4/c1-31(17-5-7-20-15(11-17)3-2-10-27-20)26(37)21-14-33(30-29-21)18-4-6-19-16(12-18)13-32(25(19)36)22-8-9-23(34)28-24(22)35/h2-7,10-12,14,22H,8-9,13H2,1H3,(H,28,34,35). The fourth-order valence-electron chi connectivity index (χ4n) is 4.75. The van der Waals surface area contributed by atoms with Crippen LogP contribution in [0.25, 0.3) is 16.6 Å². The van der Waals surface area contributed by atoms with E-state index in [9.17, 15) is 19.2 Å². The van der Waals surface area contributed by atoms with Crippen LogP contribution in [0.3, 0.4) is 0 Å². The van der Waals surface area contributed by atoms with Gasteiger partial charge in [-0.15, -0.1) is 5.10 Å². The number of amides is 4. The van der Waals surface area contributed by atoms with Gasteiger partial charge in [0.15, 0.2) is 5.69 Å². The van der Waals surface area contributed by atoms with Crippen molar-refractivity contribution in [1.29, 1.82) is 0 Å². The molecule has 2 aliphatic rings. The lowest BCUT2D eigenvalue weighted by Gasteiger charge is -2.29. The molecule has 0 radical (unpaired) electrons. The van der Waals surface area contributed by atoms with Crippen molar-refractivity contribution in [3.8, 4) is 5.69 Å².